The topological polar surface area (TPSA) is 67.5 Å². The molecule has 5 nitrogen and oxygen atoms in total. The van der Waals surface area contributed by atoms with Crippen molar-refractivity contribution in [2.45, 2.75) is 0 Å². The summed E-state index contributed by atoms with van der Waals surface area (Å²) in [6, 6.07) is 7.33. The van der Waals surface area contributed by atoms with Crippen LogP contribution >= 0.6 is 11.6 Å². The molecular formula is C7H8Cl2N4O. The van der Waals surface area contributed by atoms with E-state index in [2.05, 4.69) is 5.10 Å². The van der Waals surface area contributed by atoms with Crippen LogP contribution in [0.15, 0.2) is 29.4 Å². The normalized spacial score (nSPS) is 14.4. The average Bonchev–Trinajstić information content (AvgIpc) is 2.53. The van der Waals surface area contributed by atoms with E-state index in [0.29, 0.717) is 5.02 Å². The van der Waals surface area contributed by atoms with Gasteiger partial charge in [0.1, 0.15) is 5.69 Å². The van der Waals surface area contributed by atoms with Crippen LogP contribution in [-0.4, -0.2) is 6.02 Å². The Kier molecular flexibility index (Phi) is 3.40. The Bertz CT molecular complexity index is 340. The first-order chi connectivity index (χ1) is 6.25. The third-order valence-corrected chi connectivity index (χ3v) is 1.82. The number of nitrogens with two attached hydrogens (primary N) is 2. The first-order valence-corrected chi connectivity index (χ1v) is 4.02. The number of nitrogens with zero attached hydrogens (tertiary/aromatic N) is 2. The fourth-order valence-corrected chi connectivity index (χ4v) is 1.10. The van der Waals surface area contributed by atoms with Crippen molar-refractivity contribution in [1.82, 2.24) is 0 Å². The van der Waals surface area contributed by atoms with Crippen molar-refractivity contribution in [3.8, 4) is 0 Å². The molecule has 4 N–H and O–H groups in total. The number of hydrogen-bond acceptors (Lipinski definition) is 4. The molecule has 1 aromatic rings. The van der Waals surface area contributed by atoms with Gasteiger partial charge >= 0.3 is 6.02 Å². The number of halogens is 2. The van der Waals surface area contributed by atoms with Gasteiger partial charge in [0.25, 0.3) is 0 Å². The fourth-order valence-electron chi connectivity index (χ4n) is 0.970. The Hall–Kier alpha value is -1.17. The van der Waals surface area contributed by atoms with Crippen LogP contribution in [0.2, 0.25) is 5.02 Å². The van der Waals surface area contributed by atoms with Crippen LogP contribution in [0.25, 0.3) is 0 Å². The molecule has 76 valence electrons. The van der Waals surface area contributed by atoms with Crippen LogP contribution in [0.5, 0.6) is 0 Å². The predicted molar refractivity (Wildman–Crippen MR) is 48.6 cm³/mol. The van der Waals surface area contributed by atoms with E-state index in [9.17, 15) is 0 Å². The molecule has 14 heavy (non-hydrogen) atoms. The summed E-state index contributed by atoms with van der Waals surface area (Å²) < 4.78 is 0. The highest BCUT2D eigenvalue weighted by molar-refractivity contribution is 6.30. The highest BCUT2D eigenvalue weighted by atomic mass is 35.5. The second-order valence-corrected chi connectivity index (χ2v) is 2.92. The van der Waals surface area contributed by atoms with Gasteiger partial charge in [-0.15, -0.1) is 0 Å². The fraction of sp³-hybridized carbons (Fsp3) is 0. The van der Waals surface area contributed by atoms with Crippen LogP contribution in [0, 0.1) is 0 Å². The van der Waals surface area contributed by atoms with E-state index in [-0.39, 0.29) is 18.4 Å². The number of anilines is 1. The smallest absolute Gasteiger partial charge is 0.374 e. The molecule has 0 aliphatic carbocycles. The molecule has 0 spiro atoms. The van der Waals surface area contributed by atoms with E-state index in [1.54, 1.807) is 12.1 Å². The van der Waals surface area contributed by atoms with E-state index in [4.69, 9.17) is 22.2 Å². The lowest BCUT2D eigenvalue weighted by molar-refractivity contribution is -0.868. The summed E-state index contributed by atoms with van der Waals surface area (Å²) in [6.07, 6.45) is 0. The zero-order chi connectivity index (χ0) is 9.26. The summed E-state index contributed by atoms with van der Waals surface area (Å²) in [5.74, 6) is 0. The third-order valence-electron chi connectivity index (χ3n) is 1.57. The first kappa shape index (κ1) is 10.9. The summed E-state index contributed by atoms with van der Waals surface area (Å²) in [5.41, 5.74) is 7.60. The van der Waals surface area contributed by atoms with Gasteiger partial charge in [-0.1, -0.05) is 21.8 Å². The molecule has 0 aromatic heterocycles. The highest BCUT2D eigenvalue weighted by Gasteiger charge is 2.18. The Morgan fingerprint density at radius 2 is 2.00 bits per heavy atom. The minimum atomic E-state index is 0. The maximum absolute atomic E-state index is 5.73. The Balaban J connectivity index is 0.000000980. The van der Waals surface area contributed by atoms with Crippen molar-refractivity contribution >= 4 is 23.3 Å². The number of hydrazone groups is 1. The van der Waals surface area contributed by atoms with E-state index < -0.39 is 0 Å². The standard InChI is InChI=1S/C7H7ClN4O.ClH/c8-5-1-3-6(4-2-5)12-10-7(9)13-11-12;/h1-4,11H,(H2,9,10);1H. The van der Waals surface area contributed by atoms with Gasteiger partial charge in [-0.2, -0.15) is 0 Å². The number of amidine groups is 1. The lowest BCUT2D eigenvalue weighted by atomic mass is 10.3. The van der Waals surface area contributed by atoms with Gasteiger partial charge in [0.15, 0.2) is 0 Å². The van der Waals surface area contributed by atoms with Crippen molar-refractivity contribution in [3.05, 3.63) is 29.3 Å². The number of rotatable bonds is 1. The zero-order valence-electron chi connectivity index (χ0n) is 7.02. The SMILES string of the molecule is NC1=NN(c2ccc(Cl)cc2)[NH2+]O1.[Cl-]. The van der Waals surface area contributed by atoms with Crippen molar-refractivity contribution in [1.29, 1.82) is 0 Å². The van der Waals surface area contributed by atoms with Crippen molar-refractivity contribution < 1.29 is 22.8 Å². The van der Waals surface area contributed by atoms with Gasteiger partial charge in [0.05, 0.1) is 0 Å². The molecular weight excluding hydrogens is 227 g/mol. The second-order valence-electron chi connectivity index (χ2n) is 2.48. The van der Waals surface area contributed by atoms with Crippen LogP contribution in [0.1, 0.15) is 0 Å². The lowest BCUT2D eigenvalue weighted by Crippen LogP contribution is -3.00. The van der Waals surface area contributed by atoms with Crippen molar-refractivity contribution in [2.75, 3.05) is 5.12 Å². The third kappa shape index (κ3) is 2.20. The molecule has 0 radical (unpaired) electrons. The van der Waals surface area contributed by atoms with Gasteiger partial charge in [-0.25, -0.2) is 4.84 Å². The summed E-state index contributed by atoms with van der Waals surface area (Å²) >= 11 is 5.73. The highest BCUT2D eigenvalue weighted by Crippen LogP contribution is 2.15. The molecule has 1 heterocycles. The van der Waals surface area contributed by atoms with Crippen molar-refractivity contribution in [2.24, 2.45) is 10.8 Å². The molecule has 0 unspecified atom stereocenters. The quantitative estimate of drug-likeness (QED) is 0.504. The summed E-state index contributed by atoms with van der Waals surface area (Å²) in [5, 5.41) is 6.11. The molecule has 0 saturated heterocycles. The van der Waals surface area contributed by atoms with Gasteiger partial charge < -0.3 is 18.1 Å². The molecule has 1 aromatic carbocycles. The molecule has 0 saturated carbocycles. The van der Waals surface area contributed by atoms with E-state index in [1.165, 1.54) is 10.7 Å². The van der Waals surface area contributed by atoms with Crippen LogP contribution in [-0.2, 0) is 4.84 Å². The van der Waals surface area contributed by atoms with E-state index in [0.717, 1.165) is 5.69 Å². The van der Waals surface area contributed by atoms with Gasteiger partial charge in [0, 0.05) is 5.02 Å². The molecule has 0 fully saturated rings. The molecule has 0 bridgehead atoms. The molecule has 0 atom stereocenters. The Morgan fingerprint density at radius 3 is 2.50 bits per heavy atom. The summed E-state index contributed by atoms with van der Waals surface area (Å²) in [7, 11) is 0. The Labute approximate surface area is 91.8 Å². The minimum Gasteiger partial charge on any atom is -1.00 e. The van der Waals surface area contributed by atoms with Gasteiger partial charge in [-0.05, 0) is 29.9 Å². The van der Waals surface area contributed by atoms with E-state index in [1.807, 2.05) is 12.1 Å². The van der Waals surface area contributed by atoms with E-state index >= 15 is 0 Å². The summed E-state index contributed by atoms with van der Waals surface area (Å²) in [6.45, 7) is 0. The zero-order valence-corrected chi connectivity index (χ0v) is 8.53. The largest absolute Gasteiger partial charge is 1.00 e. The number of hydrogen-bond donors (Lipinski definition) is 2. The van der Waals surface area contributed by atoms with Crippen LogP contribution in [0.3, 0.4) is 0 Å². The number of quaternary nitrogens is 1. The monoisotopic (exact) mass is 234 g/mol. The maximum atomic E-state index is 5.73. The predicted octanol–water partition coefficient (Wildman–Crippen LogP) is -3.20. The molecule has 1 aliphatic heterocycles. The van der Waals surface area contributed by atoms with Crippen molar-refractivity contribution in [3.63, 3.8) is 0 Å². The molecule has 0 amide bonds. The second kappa shape index (κ2) is 4.36. The minimum absolute atomic E-state index is 0. The number of benzene rings is 1. The lowest BCUT2D eigenvalue weighted by Gasteiger charge is -2.05. The molecule has 1 aliphatic rings. The van der Waals surface area contributed by atoms with Gasteiger partial charge in [-0.3, -0.25) is 0 Å². The van der Waals surface area contributed by atoms with Gasteiger partial charge in [0.2, 0.25) is 0 Å². The molecule has 7 heteroatoms. The summed E-state index contributed by atoms with van der Waals surface area (Å²) in [4.78, 5) is 4.85. The average molecular weight is 235 g/mol. The maximum Gasteiger partial charge on any atom is 0.374 e. The first-order valence-electron chi connectivity index (χ1n) is 3.64. The molecule has 2 rings (SSSR count). The van der Waals surface area contributed by atoms with Crippen LogP contribution < -0.4 is 28.8 Å². The Morgan fingerprint density at radius 1 is 1.36 bits per heavy atom. The van der Waals surface area contributed by atoms with Crippen LogP contribution in [0.4, 0.5) is 5.69 Å².